The fraction of sp³-hybridized carbons (Fsp3) is 0.857. The molecule has 3 nitrogen and oxygen atoms in total. The number of hydrogen-bond acceptors (Lipinski definition) is 3. The van der Waals surface area contributed by atoms with E-state index in [1.165, 1.54) is 0 Å². The second-order valence-corrected chi connectivity index (χ2v) is 2.04. The monoisotopic (exact) mass is 146 g/mol. The molecule has 0 aromatic carbocycles. The average Bonchev–Trinajstić information content (AvgIpc) is 1.91. The first kappa shape index (κ1) is 9.43. The summed E-state index contributed by atoms with van der Waals surface area (Å²) in [4.78, 5) is 10.8. The van der Waals surface area contributed by atoms with Crippen molar-refractivity contribution in [1.29, 1.82) is 0 Å². The summed E-state index contributed by atoms with van der Waals surface area (Å²) in [6.07, 6.45) is 0.634. The molecule has 0 spiro atoms. The lowest BCUT2D eigenvalue weighted by atomic mass is 10.1. The lowest BCUT2D eigenvalue weighted by Crippen LogP contribution is -2.20. The van der Waals surface area contributed by atoms with E-state index in [-0.39, 0.29) is 18.5 Å². The van der Waals surface area contributed by atoms with E-state index in [2.05, 4.69) is 4.74 Å². The van der Waals surface area contributed by atoms with Crippen molar-refractivity contribution in [2.75, 3.05) is 13.2 Å². The highest BCUT2D eigenvalue weighted by atomic mass is 16.5. The van der Waals surface area contributed by atoms with Crippen LogP contribution in [0.25, 0.3) is 0 Å². The van der Waals surface area contributed by atoms with Gasteiger partial charge in [0.1, 0.15) is 0 Å². The van der Waals surface area contributed by atoms with Gasteiger partial charge in [0.2, 0.25) is 0 Å². The van der Waals surface area contributed by atoms with Crippen molar-refractivity contribution in [3.8, 4) is 0 Å². The molecule has 0 fully saturated rings. The van der Waals surface area contributed by atoms with Crippen LogP contribution in [0.5, 0.6) is 0 Å². The fourth-order valence-corrected chi connectivity index (χ4v) is 0.630. The highest BCUT2D eigenvalue weighted by molar-refractivity contribution is 5.72. The van der Waals surface area contributed by atoms with Crippen molar-refractivity contribution in [2.45, 2.75) is 20.3 Å². The zero-order chi connectivity index (χ0) is 7.98. The number of carbonyl (C=O) groups is 1. The minimum absolute atomic E-state index is 0.116. The van der Waals surface area contributed by atoms with Crippen LogP contribution in [0.3, 0.4) is 0 Å². The predicted molar refractivity (Wildman–Crippen MR) is 37.5 cm³/mol. The predicted octanol–water partition coefficient (Wildman–Crippen LogP) is 0.568. The largest absolute Gasteiger partial charge is 0.466 e. The second-order valence-electron chi connectivity index (χ2n) is 2.04. The van der Waals surface area contributed by atoms with Gasteiger partial charge in [-0.05, 0) is 13.3 Å². The van der Waals surface area contributed by atoms with Gasteiger partial charge in [-0.25, -0.2) is 0 Å². The number of carbonyl (C=O) groups excluding carboxylic acids is 1. The highest BCUT2D eigenvalue weighted by Gasteiger charge is 2.15. The van der Waals surface area contributed by atoms with Crippen LogP contribution in [0, 0.1) is 5.92 Å². The minimum atomic E-state index is -0.333. The molecule has 0 aliphatic heterocycles. The maximum absolute atomic E-state index is 10.8. The number of esters is 1. The molecule has 1 unspecified atom stereocenters. The van der Waals surface area contributed by atoms with E-state index in [1.807, 2.05) is 6.92 Å². The van der Waals surface area contributed by atoms with Gasteiger partial charge in [0, 0.05) is 0 Å². The molecule has 0 aliphatic rings. The Morgan fingerprint density at radius 1 is 1.60 bits per heavy atom. The van der Waals surface area contributed by atoms with E-state index < -0.39 is 0 Å². The third-order valence-corrected chi connectivity index (χ3v) is 1.33. The Bertz CT molecular complexity index is 97.0. The van der Waals surface area contributed by atoms with E-state index in [0.29, 0.717) is 13.0 Å². The first-order valence-electron chi connectivity index (χ1n) is 3.53. The summed E-state index contributed by atoms with van der Waals surface area (Å²) in [5.74, 6) is -0.632. The summed E-state index contributed by atoms with van der Waals surface area (Å²) in [6, 6.07) is 0. The van der Waals surface area contributed by atoms with Crippen molar-refractivity contribution in [1.82, 2.24) is 0 Å². The summed E-state index contributed by atoms with van der Waals surface area (Å²) < 4.78 is 4.69. The van der Waals surface area contributed by atoms with Gasteiger partial charge >= 0.3 is 5.97 Å². The number of ether oxygens (including phenoxy) is 1. The molecule has 10 heavy (non-hydrogen) atoms. The SMILES string of the molecule is CCOC(=O)C(CC)CO. The molecule has 0 radical (unpaired) electrons. The Hall–Kier alpha value is -0.570. The molecule has 0 bridgehead atoms. The molecule has 0 aromatic heterocycles. The van der Waals surface area contributed by atoms with Gasteiger partial charge < -0.3 is 9.84 Å². The Kier molecular flexibility index (Phi) is 4.94. The molecular formula is C7H14O3. The van der Waals surface area contributed by atoms with Crippen LogP contribution in [0.4, 0.5) is 0 Å². The summed E-state index contributed by atoms with van der Waals surface area (Å²) in [5.41, 5.74) is 0. The maximum atomic E-state index is 10.8. The van der Waals surface area contributed by atoms with Crippen LogP contribution in [-0.2, 0) is 9.53 Å². The van der Waals surface area contributed by atoms with Gasteiger partial charge in [0.25, 0.3) is 0 Å². The third-order valence-electron chi connectivity index (χ3n) is 1.33. The summed E-state index contributed by atoms with van der Waals surface area (Å²) in [7, 11) is 0. The van der Waals surface area contributed by atoms with Crippen LogP contribution < -0.4 is 0 Å². The van der Waals surface area contributed by atoms with E-state index in [4.69, 9.17) is 5.11 Å². The molecule has 0 aromatic rings. The van der Waals surface area contributed by atoms with Crippen LogP contribution in [-0.4, -0.2) is 24.3 Å². The van der Waals surface area contributed by atoms with E-state index in [0.717, 1.165) is 0 Å². The Morgan fingerprint density at radius 2 is 2.20 bits per heavy atom. The van der Waals surface area contributed by atoms with Gasteiger partial charge in [-0.15, -0.1) is 0 Å². The summed E-state index contributed by atoms with van der Waals surface area (Å²) in [5, 5.41) is 8.62. The third kappa shape index (κ3) is 2.82. The molecule has 0 aliphatic carbocycles. The Labute approximate surface area is 61.0 Å². The smallest absolute Gasteiger partial charge is 0.311 e. The van der Waals surface area contributed by atoms with Crippen molar-refractivity contribution in [3.05, 3.63) is 0 Å². The fourth-order valence-electron chi connectivity index (χ4n) is 0.630. The van der Waals surface area contributed by atoms with Gasteiger partial charge in [-0.3, -0.25) is 4.79 Å². The molecule has 0 amide bonds. The quantitative estimate of drug-likeness (QED) is 0.590. The van der Waals surface area contributed by atoms with Crippen molar-refractivity contribution < 1.29 is 14.6 Å². The zero-order valence-electron chi connectivity index (χ0n) is 6.46. The van der Waals surface area contributed by atoms with Gasteiger partial charge in [0.15, 0.2) is 0 Å². The molecule has 3 heteroatoms. The standard InChI is InChI=1S/C7H14O3/c1-3-6(5-8)7(9)10-4-2/h6,8H,3-5H2,1-2H3. The van der Waals surface area contributed by atoms with E-state index >= 15 is 0 Å². The van der Waals surface area contributed by atoms with Crippen molar-refractivity contribution >= 4 is 5.97 Å². The van der Waals surface area contributed by atoms with Crippen LogP contribution in [0.2, 0.25) is 0 Å². The number of aliphatic hydroxyl groups is 1. The Balaban J connectivity index is 3.65. The van der Waals surface area contributed by atoms with Crippen LogP contribution in [0.1, 0.15) is 20.3 Å². The van der Waals surface area contributed by atoms with Crippen LogP contribution in [0.15, 0.2) is 0 Å². The maximum Gasteiger partial charge on any atom is 0.311 e. The number of aliphatic hydroxyl groups excluding tert-OH is 1. The molecule has 1 atom stereocenters. The number of rotatable bonds is 4. The highest BCUT2D eigenvalue weighted by Crippen LogP contribution is 2.02. The average molecular weight is 146 g/mol. The minimum Gasteiger partial charge on any atom is -0.466 e. The van der Waals surface area contributed by atoms with Gasteiger partial charge in [-0.2, -0.15) is 0 Å². The summed E-state index contributed by atoms with van der Waals surface area (Å²) in [6.45, 7) is 3.87. The second kappa shape index (κ2) is 5.23. The van der Waals surface area contributed by atoms with Gasteiger partial charge in [-0.1, -0.05) is 6.92 Å². The first-order chi connectivity index (χ1) is 4.76. The summed E-state index contributed by atoms with van der Waals surface area (Å²) >= 11 is 0. The normalized spacial score (nSPS) is 12.7. The molecule has 0 saturated carbocycles. The molecule has 0 saturated heterocycles. The molecule has 60 valence electrons. The van der Waals surface area contributed by atoms with Gasteiger partial charge in [0.05, 0.1) is 19.1 Å². The topological polar surface area (TPSA) is 46.5 Å². The van der Waals surface area contributed by atoms with Crippen molar-refractivity contribution in [2.24, 2.45) is 5.92 Å². The van der Waals surface area contributed by atoms with E-state index in [1.54, 1.807) is 6.92 Å². The molecule has 0 rings (SSSR count). The zero-order valence-corrected chi connectivity index (χ0v) is 6.46. The molecular weight excluding hydrogens is 132 g/mol. The first-order valence-corrected chi connectivity index (χ1v) is 3.53. The Morgan fingerprint density at radius 3 is 2.50 bits per heavy atom. The van der Waals surface area contributed by atoms with E-state index in [9.17, 15) is 4.79 Å². The number of hydrogen-bond donors (Lipinski definition) is 1. The van der Waals surface area contributed by atoms with Crippen LogP contribution >= 0.6 is 0 Å². The molecule has 0 heterocycles. The lowest BCUT2D eigenvalue weighted by molar-refractivity contribution is -0.149. The molecule has 1 N–H and O–H groups in total. The van der Waals surface area contributed by atoms with Crippen molar-refractivity contribution in [3.63, 3.8) is 0 Å². The lowest BCUT2D eigenvalue weighted by Gasteiger charge is -2.08.